The van der Waals surface area contributed by atoms with Gasteiger partial charge in [0.2, 0.25) is 0 Å². The largest absolute Gasteiger partial charge is 0.540 e. The van der Waals surface area contributed by atoms with E-state index in [4.69, 9.17) is 4.89 Å². The summed E-state index contributed by atoms with van der Waals surface area (Å²) in [6.07, 6.45) is 7.21. The average Bonchev–Trinajstić information content (AvgIpc) is 2.21. The van der Waals surface area contributed by atoms with Crippen molar-refractivity contribution in [1.82, 2.24) is 0 Å². The zero-order valence-electron chi connectivity index (χ0n) is 10.8. The Morgan fingerprint density at radius 1 is 1.25 bits per heavy atom. The molecule has 0 aliphatic rings. The van der Waals surface area contributed by atoms with Crippen LogP contribution in [0, 0.1) is 5.92 Å². The van der Waals surface area contributed by atoms with Crippen molar-refractivity contribution in [2.45, 2.75) is 71.1 Å². The van der Waals surface area contributed by atoms with Crippen molar-refractivity contribution < 1.29 is 14.6 Å². The van der Waals surface area contributed by atoms with Gasteiger partial charge in [-0.05, 0) is 16.9 Å². The van der Waals surface area contributed by atoms with Crippen molar-refractivity contribution in [1.29, 1.82) is 0 Å². The Morgan fingerprint density at radius 3 is 2.31 bits per heavy atom. The molecule has 3 atom stereocenters. The number of hydrogen-bond acceptors (Lipinski definition) is 2. The third-order valence-electron chi connectivity index (χ3n) is 3.06. The highest BCUT2D eigenvalue weighted by atomic mass is 31.1. The average molecular weight is 249 g/mol. The smallest absolute Gasteiger partial charge is 0.346 e. The number of aliphatic hydroxyl groups is 1. The van der Waals surface area contributed by atoms with E-state index in [-0.39, 0.29) is 0 Å². The van der Waals surface area contributed by atoms with Crippen LogP contribution in [0.25, 0.3) is 0 Å². The Bertz CT molecular complexity index is 204. The van der Waals surface area contributed by atoms with Gasteiger partial charge < -0.3 is 5.11 Å². The minimum atomic E-state index is -2.48. The van der Waals surface area contributed by atoms with E-state index >= 15 is 0 Å². The van der Waals surface area contributed by atoms with Crippen molar-refractivity contribution >= 4 is 8.03 Å². The molecule has 0 amide bonds. The Kier molecular flexibility index (Phi) is 8.17. The molecule has 0 rings (SSSR count). The molecule has 0 saturated heterocycles. The van der Waals surface area contributed by atoms with Gasteiger partial charge in [-0.2, -0.15) is 4.89 Å². The van der Waals surface area contributed by atoms with Gasteiger partial charge in [0.25, 0.3) is 5.34 Å². The topological polar surface area (TPSA) is 57.5 Å². The molecule has 0 aromatic rings. The van der Waals surface area contributed by atoms with Crippen molar-refractivity contribution in [2.24, 2.45) is 5.92 Å². The van der Waals surface area contributed by atoms with Crippen LogP contribution in [0.1, 0.15) is 65.7 Å². The van der Waals surface area contributed by atoms with Crippen molar-refractivity contribution in [3.05, 3.63) is 0 Å². The summed E-state index contributed by atoms with van der Waals surface area (Å²) in [5.41, 5.74) is 0. The first-order valence-electron chi connectivity index (χ1n) is 6.28. The van der Waals surface area contributed by atoms with Crippen LogP contribution in [0.2, 0.25) is 0 Å². The van der Waals surface area contributed by atoms with E-state index in [1.165, 1.54) is 26.2 Å². The second-order valence-electron chi connectivity index (χ2n) is 4.98. The molecule has 2 N–H and O–H groups in total. The molecular formula is C12H26O3P+. The standard InChI is InChI=1S/C12H25O3P/c1-4-5-8-11(2)9-6-7-10-12(3,13)16(14)15/h11,13H,4-10H2,1-3H3/p+1. The lowest BCUT2D eigenvalue weighted by Gasteiger charge is -2.12. The summed E-state index contributed by atoms with van der Waals surface area (Å²) in [4.78, 5) is 8.86. The van der Waals surface area contributed by atoms with Gasteiger partial charge in [-0.25, -0.2) is 0 Å². The predicted molar refractivity (Wildman–Crippen MR) is 67.6 cm³/mol. The number of hydrogen-bond donors (Lipinski definition) is 2. The quantitative estimate of drug-likeness (QED) is 0.482. The highest BCUT2D eigenvalue weighted by Gasteiger charge is 2.41. The first-order valence-corrected chi connectivity index (χ1v) is 7.50. The van der Waals surface area contributed by atoms with Crippen LogP contribution >= 0.6 is 8.03 Å². The summed E-state index contributed by atoms with van der Waals surface area (Å²) in [7, 11) is -2.48. The maximum absolute atomic E-state index is 10.8. The van der Waals surface area contributed by atoms with E-state index in [9.17, 15) is 9.67 Å². The SMILES string of the molecule is CCCCC(C)CCCCC(C)(O)[P+](=O)O. The Balaban J connectivity index is 3.56. The molecule has 0 aliphatic heterocycles. The third-order valence-corrected chi connectivity index (χ3v) is 4.11. The Hall–Kier alpha value is 0.0200. The highest BCUT2D eigenvalue weighted by Crippen LogP contribution is 2.36. The van der Waals surface area contributed by atoms with Gasteiger partial charge in [-0.3, -0.25) is 0 Å². The van der Waals surface area contributed by atoms with E-state index < -0.39 is 13.4 Å². The highest BCUT2D eigenvalue weighted by molar-refractivity contribution is 7.39. The minimum absolute atomic E-state index is 0.416. The Morgan fingerprint density at radius 2 is 1.81 bits per heavy atom. The van der Waals surface area contributed by atoms with E-state index in [0.717, 1.165) is 25.2 Å². The molecule has 0 saturated carbocycles. The van der Waals surface area contributed by atoms with Crippen LogP contribution in [-0.4, -0.2) is 15.3 Å². The zero-order chi connectivity index (χ0) is 12.6. The normalized spacial score (nSPS) is 17.9. The molecule has 3 unspecified atom stereocenters. The Labute approximate surface area is 100 Å². The van der Waals surface area contributed by atoms with E-state index in [1.807, 2.05) is 0 Å². The second kappa shape index (κ2) is 8.16. The van der Waals surface area contributed by atoms with E-state index in [1.54, 1.807) is 0 Å². The molecule has 0 spiro atoms. The lowest BCUT2D eigenvalue weighted by Crippen LogP contribution is -2.18. The molecule has 4 heteroatoms. The van der Waals surface area contributed by atoms with Crippen molar-refractivity contribution in [3.8, 4) is 0 Å². The van der Waals surface area contributed by atoms with Crippen LogP contribution in [0.4, 0.5) is 0 Å². The summed E-state index contributed by atoms with van der Waals surface area (Å²) in [6, 6.07) is 0. The summed E-state index contributed by atoms with van der Waals surface area (Å²) in [5, 5.41) is 8.16. The first kappa shape index (κ1) is 16.0. The van der Waals surface area contributed by atoms with Gasteiger partial charge in [0.05, 0.1) is 0 Å². The van der Waals surface area contributed by atoms with Crippen LogP contribution in [0.5, 0.6) is 0 Å². The van der Waals surface area contributed by atoms with Gasteiger partial charge >= 0.3 is 8.03 Å². The van der Waals surface area contributed by atoms with Gasteiger partial charge in [0.1, 0.15) is 0 Å². The van der Waals surface area contributed by atoms with Crippen LogP contribution < -0.4 is 0 Å². The molecule has 0 radical (unpaired) electrons. The maximum Gasteiger partial charge on any atom is 0.540 e. The van der Waals surface area contributed by atoms with Gasteiger partial charge in [0.15, 0.2) is 0 Å². The predicted octanol–water partition coefficient (Wildman–Crippen LogP) is 3.82. The molecule has 0 fully saturated rings. The molecular weight excluding hydrogens is 223 g/mol. The van der Waals surface area contributed by atoms with Crippen molar-refractivity contribution in [3.63, 3.8) is 0 Å². The monoisotopic (exact) mass is 249 g/mol. The van der Waals surface area contributed by atoms with Gasteiger partial charge in [-0.1, -0.05) is 46.0 Å². The van der Waals surface area contributed by atoms with Crippen LogP contribution in [0.15, 0.2) is 0 Å². The molecule has 0 aromatic carbocycles. The molecule has 0 aliphatic carbocycles. The fourth-order valence-corrected chi connectivity index (χ4v) is 2.09. The van der Waals surface area contributed by atoms with E-state index in [2.05, 4.69) is 13.8 Å². The van der Waals surface area contributed by atoms with Gasteiger partial charge in [-0.15, -0.1) is 0 Å². The van der Waals surface area contributed by atoms with Crippen LogP contribution in [0.3, 0.4) is 0 Å². The zero-order valence-corrected chi connectivity index (χ0v) is 11.7. The molecule has 16 heavy (non-hydrogen) atoms. The fraction of sp³-hybridized carbons (Fsp3) is 1.00. The number of unbranched alkanes of at least 4 members (excludes halogenated alkanes) is 2. The summed E-state index contributed by atoms with van der Waals surface area (Å²) in [6.45, 7) is 5.88. The van der Waals surface area contributed by atoms with E-state index in [0.29, 0.717) is 6.42 Å². The lowest BCUT2D eigenvalue weighted by atomic mass is 9.97. The molecule has 0 heterocycles. The first-order chi connectivity index (χ1) is 7.40. The third kappa shape index (κ3) is 7.32. The molecule has 0 aromatic heterocycles. The molecule has 0 bridgehead atoms. The maximum atomic E-state index is 10.8. The fourth-order valence-electron chi connectivity index (χ4n) is 1.75. The summed E-state index contributed by atoms with van der Waals surface area (Å²) >= 11 is 0. The molecule has 3 nitrogen and oxygen atoms in total. The minimum Gasteiger partial charge on any atom is -0.346 e. The molecule has 96 valence electrons. The second-order valence-corrected chi connectivity index (χ2v) is 6.49. The van der Waals surface area contributed by atoms with Crippen molar-refractivity contribution in [2.75, 3.05) is 0 Å². The summed E-state index contributed by atoms with van der Waals surface area (Å²) < 4.78 is 10.8. The summed E-state index contributed by atoms with van der Waals surface area (Å²) in [5.74, 6) is 0.729. The lowest BCUT2D eigenvalue weighted by molar-refractivity contribution is 0.121. The van der Waals surface area contributed by atoms with Crippen LogP contribution in [-0.2, 0) is 4.57 Å². The van der Waals surface area contributed by atoms with Gasteiger partial charge in [0, 0.05) is 13.3 Å². The number of rotatable bonds is 9.